The second kappa shape index (κ2) is 5.16. The molecule has 0 saturated heterocycles. The number of hydrogen-bond acceptors (Lipinski definition) is 4. The van der Waals surface area contributed by atoms with Crippen LogP contribution in [0.5, 0.6) is 5.75 Å². The number of benzene rings is 1. The van der Waals surface area contributed by atoms with Crippen LogP contribution in [-0.2, 0) is 6.61 Å². The third-order valence-corrected chi connectivity index (χ3v) is 2.51. The summed E-state index contributed by atoms with van der Waals surface area (Å²) in [5.74, 6) is 0.997. The van der Waals surface area contributed by atoms with E-state index in [4.69, 9.17) is 9.26 Å². The molecule has 1 aromatic heterocycles. The van der Waals surface area contributed by atoms with E-state index in [1.165, 1.54) is 0 Å². The van der Waals surface area contributed by atoms with Gasteiger partial charge in [0.2, 0.25) is 0 Å². The first kappa shape index (κ1) is 12.5. The first-order valence-electron chi connectivity index (χ1n) is 5.78. The lowest BCUT2D eigenvalue weighted by atomic mass is 10.2. The van der Waals surface area contributed by atoms with Crippen LogP contribution in [0.4, 0.5) is 4.39 Å². The first-order valence-corrected chi connectivity index (χ1v) is 5.78. The number of aromatic nitrogens is 2. The quantitative estimate of drug-likeness (QED) is 0.835. The highest BCUT2D eigenvalue weighted by atomic mass is 19.1. The van der Waals surface area contributed by atoms with Crippen LogP contribution < -0.4 is 4.74 Å². The van der Waals surface area contributed by atoms with Gasteiger partial charge in [-0.25, -0.2) is 4.39 Å². The highest BCUT2D eigenvalue weighted by Crippen LogP contribution is 2.20. The van der Waals surface area contributed by atoms with Gasteiger partial charge < -0.3 is 9.26 Å². The molecule has 18 heavy (non-hydrogen) atoms. The van der Waals surface area contributed by atoms with Crippen molar-refractivity contribution in [2.45, 2.75) is 33.3 Å². The van der Waals surface area contributed by atoms with Crippen LogP contribution in [0.1, 0.15) is 37.0 Å². The summed E-state index contributed by atoms with van der Waals surface area (Å²) in [5.41, 5.74) is 0.542. The molecule has 0 N–H and O–H groups in total. The van der Waals surface area contributed by atoms with E-state index in [0.29, 0.717) is 17.3 Å². The van der Waals surface area contributed by atoms with Gasteiger partial charge in [0, 0.05) is 5.92 Å². The Labute approximate surface area is 105 Å². The van der Waals surface area contributed by atoms with Gasteiger partial charge in [-0.15, -0.1) is 0 Å². The molecule has 0 radical (unpaired) electrons. The molecule has 0 aliphatic rings. The van der Waals surface area contributed by atoms with Crippen LogP contribution in [0, 0.1) is 12.7 Å². The van der Waals surface area contributed by atoms with E-state index in [9.17, 15) is 4.39 Å². The monoisotopic (exact) mass is 250 g/mol. The Morgan fingerprint density at radius 1 is 1.39 bits per heavy atom. The average Bonchev–Trinajstić information content (AvgIpc) is 2.80. The van der Waals surface area contributed by atoms with Crippen LogP contribution in [0.2, 0.25) is 0 Å². The van der Waals surface area contributed by atoms with Gasteiger partial charge in [0.1, 0.15) is 0 Å². The smallest absolute Gasteiger partial charge is 0.264 e. The van der Waals surface area contributed by atoms with Gasteiger partial charge in [-0.05, 0) is 18.6 Å². The summed E-state index contributed by atoms with van der Waals surface area (Å²) in [5, 5.41) is 3.81. The van der Waals surface area contributed by atoms with Gasteiger partial charge in [-0.2, -0.15) is 4.98 Å². The van der Waals surface area contributed by atoms with Crippen LogP contribution >= 0.6 is 0 Å². The molecule has 0 bridgehead atoms. The molecule has 2 rings (SSSR count). The Balaban J connectivity index is 2.04. The van der Waals surface area contributed by atoms with Crippen molar-refractivity contribution in [3.8, 4) is 5.75 Å². The molecule has 1 heterocycles. The predicted octanol–water partition coefficient (Wildman–Crippen LogP) is 3.22. The summed E-state index contributed by atoms with van der Waals surface area (Å²) in [6, 6.07) is 4.99. The zero-order chi connectivity index (χ0) is 13.1. The maximum Gasteiger partial charge on any atom is 0.264 e. The molecule has 0 fully saturated rings. The van der Waals surface area contributed by atoms with Crippen LogP contribution in [-0.4, -0.2) is 10.1 Å². The molecular weight excluding hydrogens is 235 g/mol. The van der Waals surface area contributed by atoms with E-state index in [1.807, 2.05) is 13.8 Å². The first-order chi connectivity index (χ1) is 8.58. The van der Waals surface area contributed by atoms with Gasteiger partial charge in [0.25, 0.3) is 5.89 Å². The Bertz CT molecular complexity index is 538. The zero-order valence-electron chi connectivity index (χ0n) is 10.6. The van der Waals surface area contributed by atoms with Crippen LogP contribution in [0.25, 0.3) is 0 Å². The second-order valence-electron chi connectivity index (χ2n) is 4.38. The molecule has 0 saturated carbocycles. The fourth-order valence-electron chi connectivity index (χ4n) is 1.43. The van der Waals surface area contributed by atoms with Crippen molar-refractivity contribution < 1.29 is 13.7 Å². The number of halogens is 1. The highest BCUT2D eigenvalue weighted by Gasteiger charge is 2.11. The van der Waals surface area contributed by atoms with E-state index in [2.05, 4.69) is 10.1 Å². The lowest BCUT2D eigenvalue weighted by molar-refractivity contribution is 0.233. The maximum atomic E-state index is 13.6. The summed E-state index contributed by atoms with van der Waals surface area (Å²) >= 11 is 0. The molecule has 4 nitrogen and oxygen atoms in total. The molecule has 96 valence electrons. The largest absolute Gasteiger partial charge is 0.481 e. The second-order valence-corrected chi connectivity index (χ2v) is 4.38. The minimum Gasteiger partial charge on any atom is -0.481 e. The average molecular weight is 250 g/mol. The predicted molar refractivity (Wildman–Crippen MR) is 63.9 cm³/mol. The maximum absolute atomic E-state index is 13.6. The van der Waals surface area contributed by atoms with E-state index >= 15 is 0 Å². The number of aryl methyl sites for hydroxylation is 1. The van der Waals surface area contributed by atoms with Crippen molar-refractivity contribution >= 4 is 0 Å². The van der Waals surface area contributed by atoms with Crippen molar-refractivity contribution in [2.75, 3.05) is 0 Å². The van der Waals surface area contributed by atoms with Gasteiger partial charge in [-0.3, -0.25) is 0 Å². The van der Waals surface area contributed by atoms with E-state index in [0.717, 1.165) is 0 Å². The molecule has 0 atom stereocenters. The van der Waals surface area contributed by atoms with E-state index in [1.54, 1.807) is 25.1 Å². The summed E-state index contributed by atoms with van der Waals surface area (Å²) in [6.07, 6.45) is 0. The van der Waals surface area contributed by atoms with Gasteiger partial charge in [0.15, 0.2) is 24.0 Å². The zero-order valence-corrected chi connectivity index (χ0v) is 10.6. The highest BCUT2D eigenvalue weighted by molar-refractivity contribution is 5.30. The number of rotatable bonds is 4. The van der Waals surface area contributed by atoms with Crippen molar-refractivity contribution in [2.24, 2.45) is 0 Å². The SMILES string of the molecule is Cc1cccc(OCc2nc(C(C)C)no2)c1F. The summed E-state index contributed by atoms with van der Waals surface area (Å²) < 4.78 is 24.0. The minimum atomic E-state index is -0.360. The molecular formula is C13H15FN2O2. The molecule has 5 heteroatoms. The Morgan fingerprint density at radius 2 is 2.17 bits per heavy atom. The number of hydrogen-bond donors (Lipinski definition) is 0. The normalized spacial score (nSPS) is 10.9. The molecule has 2 aromatic rings. The lowest BCUT2D eigenvalue weighted by Gasteiger charge is -2.05. The summed E-state index contributed by atoms with van der Waals surface area (Å²) in [6.45, 7) is 5.69. The number of nitrogens with zero attached hydrogens (tertiary/aromatic N) is 2. The molecule has 0 spiro atoms. The Hall–Kier alpha value is -1.91. The van der Waals surface area contributed by atoms with Gasteiger partial charge in [0.05, 0.1) is 0 Å². The fourth-order valence-corrected chi connectivity index (χ4v) is 1.43. The van der Waals surface area contributed by atoms with Crippen molar-refractivity contribution in [1.29, 1.82) is 0 Å². The van der Waals surface area contributed by atoms with Crippen molar-refractivity contribution in [1.82, 2.24) is 10.1 Å². The molecule has 0 aliphatic heterocycles. The van der Waals surface area contributed by atoms with E-state index in [-0.39, 0.29) is 24.1 Å². The van der Waals surface area contributed by atoms with E-state index < -0.39 is 0 Å². The molecule has 0 unspecified atom stereocenters. The third kappa shape index (κ3) is 2.67. The standard InChI is InChI=1S/C13H15FN2O2/c1-8(2)13-15-11(18-16-13)7-17-10-6-4-5-9(3)12(10)14/h4-6,8H,7H2,1-3H3. The van der Waals surface area contributed by atoms with Crippen LogP contribution in [0.3, 0.4) is 0 Å². The number of ether oxygens (including phenoxy) is 1. The fraction of sp³-hybridized carbons (Fsp3) is 0.385. The summed E-state index contributed by atoms with van der Waals surface area (Å²) in [4.78, 5) is 4.15. The lowest BCUT2D eigenvalue weighted by Crippen LogP contribution is -1.99. The minimum absolute atomic E-state index is 0.0695. The van der Waals surface area contributed by atoms with Crippen molar-refractivity contribution in [3.63, 3.8) is 0 Å². The van der Waals surface area contributed by atoms with Gasteiger partial charge in [-0.1, -0.05) is 31.1 Å². The topological polar surface area (TPSA) is 48.2 Å². The van der Waals surface area contributed by atoms with Crippen molar-refractivity contribution in [3.05, 3.63) is 41.3 Å². The molecule has 1 aromatic carbocycles. The molecule has 0 amide bonds. The Morgan fingerprint density at radius 3 is 2.83 bits per heavy atom. The molecule has 0 aliphatic carbocycles. The van der Waals surface area contributed by atoms with Gasteiger partial charge >= 0.3 is 0 Å². The van der Waals surface area contributed by atoms with Crippen LogP contribution in [0.15, 0.2) is 22.7 Å². The Kier molecular flexibility index (Phi) is 3.60. The third-order valence-electron chi connectivity index (χ3n) is 2.51. The summed E-state index contributed by atoms with van der Waals surface area (Å²) in [7, 11) is 0.